The fraction of sp³-hybridized carbons (Fsp3) is 0.350. The van der Waals surface area contributed by atoms with Crippen molar-refractivity contribution < 1.29 is 14.3 Å². The molecule has 0 saturated heterocycles. The van der Waals surface area contributed by atoms with Crippen LogP contribution in [-0.4, -0.2) is 12.6 Å². The molecule has 23 heavy (non-hydrogen) atoms. The molecule has 0 amide bonds. The number of carbonyl (C=O) groups excluding carboxylic acids is 1. The van der Waals surface area contributed by atoms with Crippen LogP contribution in [0.4, 0.5) is 0 Å². The number of esters is 1. The zero-order valence-electron chi connectivity index (χ0n) is 14.5. The third kappa shape index (κ3) is 4.59. The third-order valence-corrected chi connectivity index (χ3v) is 3.70. The van der Waals surface area contributed by atoms with E-state index in [9.17, 15) is 4.79 Å². The Balaban J connectivity index is 1.95. The van der Waals surface area contributed by atoms with Crippen LogP contribution in [0.2, 0.25) is 0 Å². The van der Waals surface area contributed by atoms with E-state index in [0.717, 1.165) is 16.9 Å². The van der Waals surface area contributed by atoms with Crippen LogP contribution in [0.3, 0.4) is 0 Å². The molecule has 0 fully saturated rings. The normalized spacial score (nSPS) is 11.2. The molecule has 0 aliphatic rings. The molecule has 0 N–H and O–H groups in total. The van der Waals surface area contributed by atoms with Gasteiger partial charge in [-0.25, -0.2) is 4.79 Å². The fourth-order valence-corrected chi connectivity index (χ4v) is 2.34. The molecule has 0 aliphatic heterocycles. The van der Waals surface area contributed by atoms with Gasteiger partial charge in [-0.2, -0.15) is 0 Å². The minimum absolute atomic E-state index is 0.0774. The van der Waals surface area contributed by atoms with Crippen LogP contribution in [0.15, 0.2) is 42.5 Å². The standard InChI is InChI=1S/C20H24O3/c1-14-7-6-8-15(2)19(14)22-13-18(21)23-17-11-9-16(10-12-17)20(3,4)5/h6-12H,13H2,1-5H3. The Morgan fingerprint density at radius 3 is 2.04 bits per heavy atom. The van der Waals surface area contributed by atoms with Gasteiger partial charge in [0.2, 0.25) is 0 Å². The van der Waals surface area contributed by atoms with Gasteiger partial charge < -0.3 is 9.47 Å². The molecule has 0 unspecified atom stereocenters. The van der Waals surface area contributed by atoms with E-state index >= 15 is 0 Å². The van der Waals surface area contributed by atoms with Crippen LogP contribution in [0.25, 0.3) is 0 Å². The molecule has 2 rings (SSSR count). The molecule has 0 radical (unpaired) electrons. The second-order valence-electron chi connectivity index (χ2n) is 6.76. The molecule has 2 aromatic rings. The highest BCUT2D eigenvalue weighted by Gasteiger charge is 2.14. The van der Waals surface area contributed by atoms with Gasteiger partial charge >= 0.3 is 5.97 Å². The number of ether oxygens (including phenoxy) is 2. The highest BCUT2D eigenvalue weighted by atomic mass is 16.6. The highest BCUT2D eigenvalue weighted by Crippen LogP contribution is 2.25. The average Bonchev–Trinajstić information content (AvgIpc) is 2.46. The summed E-state index contributed by atoms with van der Waals surface area (Å²) in [7, 11) is 0. The highest BCUT2D eigenvalue weighted by molar-refractivity contribution is 5.74. The van der Waals surface area contributed by atoms with Gasteiger partial charge in [-0.3, -0.25) is 0 Å². The van der Waals surface area contributed by atoms with E-state index in [0.29, 0.717) is 5.75 Å². The van der Waals surface area contributed by atoms with Crippen molar-refractivity contribution in [1.82, 2.24) is 0 Å². The molecular weight excluding hydrogens is 288 g/mol. The first-order valence-electron chi connectivity index (χ1n) is 7.77. The topological polar surface area (TPSA) is 35.5 Å². The minimum Gasteiger partial charge on any atom is -0.481 e. The summed E-state index contributed by atoms with van der Waals surface area (Å²) in [6.07, 6.45) is 0. The minimum atomic E-state index is -0.406. The number of benzene rings is 2. The average molecular weight is 312 g/mol. The van der Waals surface area contributed by atoms with Crippen molar-refractivity contribution in [3.05, 3.63) is 59.2 Å². The van der Waals surface area contributed by atoms with Crippen LogP contribution in [0.5, 0.6) is 11.5 Å². The summed E-state index contributed by atoms with van der Waals surface area (Å²) in [6.45, 7) is 10.2. The van der Waals surface area contributed by atoms with Crippen LogP contribution < -0.4 is 9.47 Å². The Kier molecular flexibility index (Phi) is 5.09. The molecule has 0 aromatic heterocycles. The summed E-state index contributed by atoms with van der Waals surface area (Å²) in [6, 6.07) is 13.5. The molecule has 3 nitrogen and oxygen atoms in total. The van der Waals surface area contributed by atoms with Gasteiger partial charge in [0.15, 0.2) is 6.61 Å². The summed E-state index contributed by atoms with van der Waals surface area (Å²) in [5.41, 5.74) is 3.29. The second-order valence-corrected chi connectivity index (χ2v) is 6.76. The van der Waals surface area contributed by atoms with Crippen molar-refractivity contribution in [2.75, 3.05) is 6.61 Å². The third-order valence-electron chi connectivity index (χ3n) is 3.70. The Bertz CT molecular complexity index is 659. The van der Waals surface area contributed by atoms with E-state index in [-0.39, 0.29) is 12.0 Å². The zero-order valence-corrected chi connectivity index (χ0v) is 14.5. The van der Waals surface area contributed by atoms with Crippen LogP contribution in [-0.2, 0) is 10.2 Å². The van der Waals surface area contributed by atoms with Gasteiger partial charge in [-0.15, -0.1) is 0 Å². The van der Waals surface area contributed by atoms with Gasteiger partial charge in [0, 0.05) is 0 Å². The summed E-state index contributed by atoms with van der Waals surface area (Å²) >= 11 is 0. The van der Waals surface area contributed by atoms with E-state index in [1.807, 2.05) is 56.3 Å². The Morgan fingerprint density at radius 2 is 1.52 bits per heavy atom. The lowest BCUT2D eigenvalue weighted by molar-refractivity contribution is -0.136. The van der Waals surface area contributed by atoms with E-state index < -0.39 is 5.97 Å². The predicted molar refractivity (Wildman–Crippen MR) is 92.2 cm³/mol. The molecule has 0 spiro atoms. The van der Waals surface area contributed by atoms with Gasteiger partial charge in [0.1, 0.15) is 11.5 Å². The first kappa shape index (κ1) is 17.1. The lowest BCUT2D eigenvalue weighted by Gasteiger charge is -2.19. The molecule has 0 aliphatic carbocycles. The monoisotopic (exact) mass is 312 g/mol. The Morgan fingerprint density at radius 1 is 0.957 bits per heavy atom. The summed E-state index contributed by atoms with van der Waals surface area (Å²) in [5.74, 6) is 0.872. The van der Waals surface area contributed by atoms with E-state index in [1.165, 1.54) is 5.56 Å². The van der Waals surface area contributed by atoms with Crippen molar-refractivity contribution in [3.8, 4) is 11.5 Å². The first-order valence-corrected chi connectivity index (χ1v) is 7.77. The summed E-state index contributed by atoms with van der Waals surface area (Å²) in [5, 5.41) is 0. The van der Waals surface area contributed by atoms with Crippen molar-refractivity contribution in [3.63, 3.8) is 0 Å². The summed E-state index contributed by atoms with van der Waals surface area (Å²) < 4.78 is 10.9. The number of rotatable bonds is 4. The van der Waals surface area contributed by atoms with Crippen molar-refractivity contribution in [2.24, 2.45) is 0 Å². The van der Waals surface area contributed by atoms with E-state index in [4.69, 9.17) is 9.47 Å². The molecule has 0 atom stereocenters. The largest absolute Gasteiger partial charge is 0.481 e. The van der Waals surface area contributed by atoms with Crippen molar-refractivity contribution >= 4 is 5.97 Å². The molecule has 0 saturated carbocycles. The number of aryl methyl sites for hydroxylation is 2. The first-order chi connectivity index (χ1) is 10.8. The molecule has 0 bridgehead atoms. The molecule has 2 aromatic carbocycles. The van der Waals surface area contributed by atoms with Crippen LogP contribution in [0, 0.1) is 13.8 Å². The van der Waals surface area contributed by atoms with E-state index in [1.54, 1.807) is 0 Å². The Hall–Kier alpha value is -2.29. The van der Waals surface area contributed by atoms with Crippen molar-refractivity contribution in [2.45, 2.75) is 40.0 Å². The number of carbonyl (C=O) groups is 1. The van der Waals surface area contributed by atoms with Crippen LogP contribution in [0.1, 0.15) is 37.5 Å². The van der Waals surface area contributed by atoms with Gasteiger partial charge in [0.05, 0.1) is 0 Å². The predicted octanol–water partition coefficient (Wildman–Crippen LogP) is 4.59. The summed E-state index contributed by atoms with van der Waals surface area (Å²) in [4.78, 5) is 11.9. The maximum atomic E-state index is 11.9. The van der Waals surface area contributed by atoms with Crippen LogP contribution >= 0.6 is 0 Å². The lowest BCUT2D eigenvalue weighted by Crippen LogP contribution is -2.18. The number of para-hydroxylation sites is 1. The number of hydrogen-bond acceptors (Lipinski definition) is 3. The van der Waals surface area contributed by atoms with Gasteiger partial charge in [-0.05, 0) is 48.1 Å². The SMILES string of the molecule is Cc1cccc(C)c1OCC(=O)Oc1ccc(C(C)(C)C)cc1. The molecule has 122 valence electrons. The second kappa shape index (κ2) is 6.86. The maximum absolute atomic E-state index is 11.9. The quantitative estimate of drug-likeness (QED) is 0.612. The fourth-order valence-electron chi connectivity index (χ4n) is 2.34. The maximum Gasteiger partial charge on any atom is 0.349 e. The number of hydrogen-bond donors (Lipinski definition) is 0. The molecular formula is C20H24O3. The zero-order chi connectivity index (χ0) is 17.0. The Labute approximate surface area is 138 Å². The van der Waals surface area contributed by atoms with Gasteiger partial charge in [-0.1, -0.05) is 51.1 Å². The van der Waals surface area contributed by atoms with E-state index in [2.05, 4.69) is 20.8 Å². The smallest absolute Gasteiger partial charge is 0.349 e. The lowest BCUT2D eigenvalue weighted by atomic mass is 9.87. The molecule has 0 heterocycles. The molecule has 3 heteroatoms. The van der Waals surface area contributed by atoms with Crippen molar-refractivity contribution in [1.29, 1.82) is 0 Å². The van der Waals surface area contributed by atoms with Gasteiger partial charge in [0.25, 0.3) is 0 Å².